The molecule has 0 aliphatic carbocycles. The molecule has 0 saturated carbocycles. The van der Waals surface area contributed by atoms with Gasteiger partial charge in [-0.25, -0.2) is 18.1 Å². The molecule has 0 spiro atoms. The van der Waals surface area contributed by atoms with Crippen LogP contribution in [0.15, 0.2) is 49.1 Å². The van der Waals surface area contributed by atoms with Crippen LogP contribution in [0.25, 0.3) is 0 Å². The molecule has 1 N–H and O–H groups in total. The zero-order valence-electron chi connectivity index (χ0n) is 25.5. The molecular weight excluding hydrogens is 611 g/mol. The van der Waals surface area contributed by atoms with Crippen molar-refractivity contribution < 1.29 is 39.7 Å². The molecule has 3 rings (SSSR count). The Kier molecular flexibility index (Phi) is 10.4. The van der Waals surface area contributed by atoms with E-state index in [1.165, 1.54) is 31.0 Å². The van der Waals surface area contributed by atoms with Crippen molar-refractivity contribution in [2.75, 3.05) is 13.6 Å². The highest BCUT2D eigenvalue weighted by Crippen LogP contribution is 2.43. The van der Waals surface area contributed by atoms with E-state index >= 15 is 0 Å². The molecule has 0 aromatic heterocycles. The predicted molar refractivity (Wildman–Crippen MR) is 156 cm³/mol. The third kappa shape index (κ3) is 8.01. The van der Waals surface area contributed by atoms with Crippen LogP contribution in [-0.4, -0.2) is 43.9 Å². The summed E-state index contributed by atoms with van der Waals surface area (Å²) in [6, 6.07) is 2.89. The number of amides is 2. The summed E-state index contributed by atoms with van der Waals surface area (Å²) in [5.41, 5.74) is -2.90. The molecule has 0 unspecified atom stereocenters. The predicted octanol–water partition coefficient (Wildman–Crippen LogP) is 8.49. The van der Waals surface area contributed by atoms with Gasteiger partial charge < -0.3 is 9.80 Å². The summed E-state index contributed by atoms with van der Waals surface area (Å²) in [6.07, 6.45) is -7.43. The summed E-state index contributed by atoms with van der Waals surface area (Å²) < 4.78 is 111. The van der Waals surface area contributed by atoms with Crippen molar-refractivity contribution in [3.63, 3.8) is 0 Å². The smallest absolute Gasteiger partial charge is 0.321 e. The van der Waals surface area contributed by atoms with Gasteiger partial charge in [0.1, 0.15) is 5.82 Å². The zero-order chi connectivity index (χ0) is 33.4. The molecule has 1 saturated heterocycles. The van der Waals surface area contributed by atoms with E-state index < -0.39 is 68.7 Å². The number of alkyl halides is 6. The monoisotopic (exact) mass is 649 g/mol. The second-order valence-corrected chi connectivity index (χ2v) is 14.3. The molecule has 2 amide bonds. The third-order valence-electron chi connectivity index (χ3n) is 8.00. The van der Waals surface area contributed by atoms with Crippen molar-refractivity contribution in [3.05, 3.63) is 82.7 Å². The number of nitrogens with one attached hydrogen (secondary N) is 1. The highest BCUT2D eigenvalue weighted by atomic mass is 32.2. The Morgan fingerprint density at radius 1 is 1.11 bits per heavy atom. The Hall–Kier alpha value is -2.93. The van der Waals surface area contributed by atoms with Crippen molar-refractivity contribution in [1.29, 1.82) is 0 Å². The third-order valence-corrected chi connectivity index (χ3v) is 9.73. The van der Waals surface area contributed by atoms with Gasteiger partial charge in [0.05, 0.1) is 38.9 Å². The van der Waals surface area contributed by atoms with Crippen LogP contribution >= 0.6 is 0 Å². The van der Waals surface area contributed by atoms with Crippen molar-refractivity contribution >= 4 is 17.0 Å². The van der Waals surface area contributed by atoms with E-state index in [0.29, 0.717) is 36.1 Å². The number of aryl methyl sites for hydroxylation is 1. The molecule has 1 aliphatic heterocycles. The van der Waals surface area contributed by atoms with Crippen LogP contribution in [0.5, 0.6) is 0 Å². The van der Waals surface area contributed by atoms with E-state index in [-0.39, 0.29) is 24.6 Å². The maximum absolute atomic E-state index is 14.1. The van der Waals surface area contributed by atoms with Gasteiger partial charge in [-0.2, -0.15) is 26.3 Å². The lowest BCUT2D eigenvalue weighted by Gasteiger charge is -2.49. The highest BCUT2D eigenvalue weighted by Gasteiger charge is 2.45. The summed E-state index contributed by atoms with van der Waals surface area (Å²) in [5, 5.41) is 0. The zero-order valence-corrected chi connectivity index (χ0v) is 26.3. The molecule has 4 atom stereocenters. The lowest BCUT2D eigenvalue weighted by Crippen LogP contribution is -2.58. The van der Waals surface area contributed by atoms with E-state index in [2.05, 4.69) is 11.3 Å². The number of halogens is 7. The Morgan fingerprint density at radius 2 is 1.68 bits per heavy atom. The first-order chi connectivity index (χ1) is 20.1. The van der Waals surface area contributed by atoms with Crippen molar-refractivity contribution in [1.82, 2.24) is 14.5 Å². The first-order valence-electron chi connectivity index (χ1n) is 14.0. The van der Waals surface area contributed by atoms with E-state index in [1.54, 1.807) is 19.1 Å². The molecule has 5 nitrogen and oxygen atoms in total. The van der Waals surface area contributed by atoms with Crippen molar-refractivity contribution in [3.8, 4) is 0 Å². The normalized spacial score (nSPS) is 21.1. The fourth-order valence-electron chi connectivity index (χ4n) is 5.35. The van der Waals surface area contributed by atoms with Crippen molar-refractivity contribution in [2.24, 2.45) is 0 Å². The van der Waals surface area contributed by atoms with E-state index in [1.807, 2.05) is 20.8 Å². The fourth-order valence-corrected chi connectivity index (χ4v) is 6.32. The van der Waals surface area contributed by atoms with E-state index in [9.17, 15) is 39.7 Å². The minimum Gasteiger partial charge on any atom is -0.321 e. The number of benzene rings is 2. The SMILES string of the molecule is C=CC[C@@]1(N[S@](=O)C(C)(C)C)CCN(C(=O)N(C)[C@H](C)c2cc(C(F)(F)F)cc(C(F)(F)F)c2)[C@@H](c2ccc(F)cc2C)C1. The summed E-state index contributed by atoms with van der Waals surface area (Å²) >= 11 is 0. The number of carbonyl (C=O) groups excluding carboxylic acids is 1. The molecular formula is C31H38F7N3O2S. The average Bonchev–Trinajstić information content (AvgIpc) is 2.90. The Bertz CT molecular complexity index is 1370. The molecule has 1 fully saturated rings. The number of likely N-dealkylation sites (tertiary alicyclic amines) is 1. The molecule has 244 valence electrons. The maximum atomic E-state index is 14.1. The van der Waals surface area contributed by atoms with Gasteiger partial charge in [0, 0.05) is 19.1 Å². The van der Waals surface area contributed by atoms with Crippen molar-refractivity contribution in [2.45, 2.75) is 88.6 Å². The summed E-state index contributed by atoms with van der Waals surface area (Å²) in [7, 11) is -0.181. The molecule has 0 radical (unpaired) electrons. The van der Waals surface area contributed by atoms with Crippen LogP contribution in [0, 0.1) is 12.7 Å². The second kappa shape index (κ2) is 12.8. The van der Waals surface area contributed by atoms with Crippen LogP contribution in [-0.2, 0) is 23.3 Å². The summed E-state index contributed by atoms with van der Waals surface area (Å²) in [4.78, 5) is 16.6. The fraction of sp³-hybridized carbons (Fsp3) is 0.516. The van der Waals surface area contributed by atoms with Crippen LogP contribution in [0.1, 0.15) is 86.9 Å². The van der Waals surface area contributed by atoms with E-state index in [4.69, 9.17) is 0 Å². The second-order valence-electron chi connectivity index (χ2n) is 12.3. The van der Waals surface area contributed by atoms with Gasteiger partial charge in [0.25, 0.3) is 0 Å². The van der Waals surface area contributed by atoms with Gasteiger partial charge in [-0.1, -0.05) is 12.1 Å². The van der Waals surface area contributed by atoms with Gasteiger partial charge in [0.2, 0.25) is 0 Å². The maximum Gasteiger partial charge on any atom is 0.416 e. The van der Waals surface area contributed by atoms with Crippen LogP contribution in [0.4, 0.5) is 35.5 Å². The lowest BCUT2D eigenvalue weighted by atomic mass is 9.78. The first kappa shape index (κ1) is 35.5. The number of carbonyl (C=O) groups is 1. The van der Waals surface area contributed by atoms with Gasteiger partial charge in [-0.3, -0.25) is 0 Å². The lowest BCUT2D eigenvalue weighted by molar-refractivity contribution is -0.143. The van der Waals surface area contributed by atoms with Gasteiger partial charge in [-0.15, -0.1) is 6.58 Å². The summed E-state index contributed by atoms with van der Waals surface area (Å²) in [6.45, 7) is 12.4. The number of rotatable bonds is 7. The number of piperidine rings is 1. The van der Waals surface area contributed by atoms with Gasteiger partial charge >= 0.3 is 18.4 Å². The Morgan fingerprint density at radius 3 is 2.16 bits per heavy atom. The molecule has 13 heteroatoms. The number of hydrogen-bond donors (Lipinski definition) is 1. The first-order valence-corrected chi connectivity index (χ1v) is 15.1. The highest BCUT2D eigenvalue weighted by molar-refractivity contribution is 7.84. The van der Waals surface area contributed by atoms with Crippen LogP contribution < -0.4 is 4.72 Å². The molecule has 0 bridgehead atoms. The minimum atomic E-state index is -5.04. The molecule has 1 heterocycles. The van der Waals surface area contributed by atoms with Crippen LogP contribution in [0.3, 0.4) is 0 Å². The van der Waals surface area contributed by atoms with Gasteiger partial charge in [-0.05, 0) is 101 Å². The molecule has 44 heavy (non-hydrogen) atoms. The standard InChI is InChI=1S/C31H38F7N3O2S/c1-8-11-29(39-44(43)28(4,5)6)12-13-41(26(18-29)25-10-9-24(32)14-19(25)2)27(42)40(7)20(3)21-15-22(30(33,34)35)17-23(16-21)31(36,37)38/h8-10,14-17,20,26,39H,1,11-13,18H2,2-7H3/t20-,26-,29-,44-/m1/s1. The summed E-state index contributed by atoms with van der Waals surface area (Å²) in [5.74, 6) is -0.486. The molecule has 2 aromatic carbocycles. The number of nitrogens with zero attached hydrogens (tertiary/aromatic N) is 2. The topological polar surface area (TPSA) is 52.7 Å². The van der Waals surface area contributed by atoms with Gasteiger partial charge in [0.15, 0.2) is 0 Å². The molecule has 2 aromatic rings. The minimum absolute atomic E-state index is 0.0454. The quantitative estimate of drug-likeness (QED) is 0.242. The average molecular weight is 650 g/mol. The Labute approximate surface area is 256 Å². The Balaban J connectivity index is 2.05. The molecule has 1 aliphatic rings. The number of hydrogen-bond acceptors (Lipinski definition) is 2. The number of urea groups is 1. The van der Waals surface area contributed by atoms with E-state index in [0.717, 1.165) is 4.90 Å². The van der Waals surface area contributed by atoms with Crippen LogP contribution in [0.2, 0.25) is 0 Å². The largest absolute Gasteiger partial charge is 0.416 e.